The molecule has 0 aliphatic heterocycles. The van der Waals surface area contributed by atoms with E-state index < -0.39 is 0 Å². The van der Waals surface area contributed by atoms with Gasteiger partial charge in [0.25, 0.3) is 0 Å². The lowest BCUT2D eigenvalue weighted by atomic mass is 10.2. The number of halogens is 1. The van der Waals surface area contributed by atoms with Gasteiger partial charge in [0.05, 0.1) is 18.2 Å². The van der Waals surface area contributed by atoms with Crippen molar-refractivity contribution in [3.63, 3.8) is 0 Å². The topological polar surface area (TPSA) is 94.0 Å². The maximum absolute atomic E-state index is 12.2. The molecular formula is C20H15BrN4O3S. The molecule has 0 unspecified atom stereocenters. The van der Waals surface area contributed by atoms with Crippen LogP contribution in [0.15, 0.2) is 79.5 Å². The maximum Gasteiger partial charge on any atom is 0.225 e. The van der Waals surface area contributed by atoms with Crippen molar-refractivity contribution in [2.24, 2.45) is 0 Å². The van der Waals surface area contributed by atoms with E-state index in [2.05, 4.69) is 36.4 Å². The number of furan rings is 2. The molecule has 0 atom stereocenters. The van der Waals surface area contributed by atoms with Gasteiger partial charge in [-0.15, -0.1) is 10.2 Å². The lowest BCUT2D eigenvalue weighted by Gasteiger charge is -2.07. The highest BCUT2D eigenvalue weighted by atomic mass is 79.9. The molecule has 1 aromatic carbocycles. The van der Waals surface area contributed by atoms with E-state index in [4.69, 9.17) is 8.83 Å². The minimum absolute atomic E-state index is 0.0872. The number of amides is 1. The number of rotatable bonds is 7. The Labute approximate surface area is 179 Å². The van der Waals surface area contributed by atoms with E-state index in [1.165, 1.54) is 11.8 Å². The molecule has 0 spiro atoms. The van der Waals surface area contributed by atoms with E-state index in [0.717, 1.165) is 10.2 Å². The molecule has 0 aliphatic rings. The normalized spacial score (nSPS) is 10.8. The summed E-state index contributed by atoms with van der Waals surface area (Å²) < 4.78 is 11.8. The number of hydrogen-bond donors (Lipinski definition) is 1. The number of nitrogens with one attached hydrogen (secondary N) is 1. The summed E-state index contributed by atoms with van der Waals surface area (Å²) in [5.74, 6) is 1.55. The Morgan fingerprint density at radius 2 is 1.69 bits per heavy atom. The number of carbonyl (C=O) groups excluding carboxylic acids is 1. The summed E-state index contributed by atoms with van der Waals surface area (Å²) in [6.45, 7) is 0. The molecule has 3 heterocycles. The van der Waals surface area contributed by atoms with Gasteiger partial charge in [0.15, 0.2) is 17.2 Å². The van der Waals surface area contributed by atoms with E-state index in [1.54, 1.807) is 36.8 Å². The highest BCUT2D eigenvalue weighted by Gasteiger charge is 2.18. The molecule has 4 rings (SSSR count). The van der Waals surface area contributed by atoms with Gasteiger partial charge in [-0.25, -0.2) is 4.98 Å². The lowest BCUT2D eigenvalue weighted by molar-refractivity contribution is -0.115. The molecule has 0 radical (unpaired) electrons. The van der Waals surface area contributed by atoms with Crippen LogP contribution in [0, 0.1) is 0 Å². The zero-order valence-corrected chi connectivity index (χ0v) is 17.4. The molecule has 4 aromatic rings. The van der Waals surface area contributed by atoms with Crippen molar-refractivity contribution in [3.05, 3.63) is 65.5 Å². The first-order valence-electron chi connectivity index (χ1n) is 8.70. The van der Waals surface area contributed by atoms with Gasteiger partial charge in [-0.3, -0.25) is 4.79 Å². The standard InChI is InChI=1S/C20H15BrN4O3S/c21-13-5-1-2-6-14(13)22-17(26)9-12-29-20-23-18(15-7-3-10-27-15)19(24-25-20)16-8-4-11-28-16/h1-8,10-11H,9,12H2,(H,22,26). The minimum Gasteiger partial charge on any atom is -0.463 e. The Kier molecular flexibility index (Phi) is 6.06. The lowest BCUT2D eigenvalue weighted by Crippen LogP contribution is -2.12. The SMILES string of the molecule is O=C(CCSc1nnc(-c2ccco2)c(-c2ccco2)n1)Nc1ccccc1Br. The Balaban J connectivity index is 1.43. The van der Waals surface area contributed by atoms with Crippen LogP contribution in [0.1, 0.15) is 6.42 Å². The van der Waals surface area contributed by atoms with Crippen LogP contribution in [-0.4, -0.2) is 26.8 Å². The monoisotopic (exact) mass is 470 g/mol. The molecule has 29 heavy (non-hydrogen) atoms. The molecule has 3 aromatic heterocycles. The first kappa shape index (κ1) is 19.4. The average molecular weight is 471 g/mol. The van der Waals surface area contributed by atoms with Gasteiger partial charge >= 0.3 is 0 Å². The highest BCUT2D eigenvalue weighted by Crippen LogP contribution is 2.30. The summed E-state index contributed by atoms with van der Waals surface area (Å²) in [5, 5.41) is 11.8. The number of hydrogen-bond acceptors (Lipinski definition) is 7. The Morgan fingerprint density at radius 1 is 0.966 bits per heavy atom. The Bertz CT molecular complexity index is 1100. The number of nitrogens with zero attached hydrogens (tertiary/aromatic N) is 3. The number of thioether (sulfide) groups is 1. The van der Waals surface area contributed by atoms with Gasteiger partial charge in [0.2, 0.25) is 11.1 Å². The second-order valence-corrected chi connectivity index (χ2v) is 7.79. The van der Waals surface area contributed by atoms with Crippen molar-refractivity contribution in [1.29, 1.82) is 0 Å². The fourth-order valence-electron chi connectivity index (χ4n) is 2.55. The molecule has 1 amide bonds. The average Bonchev–Trinajstić information content (AvgIpc) is 3.44. The van der Waals surface area contributed by atoms with Gasteiger partial charge in [0, 0.05) is 16.6 Å². The summed E-state index contributed by atoms with van der Waals surface area (Å²) in [6.07, 6.45) is 3.45. The molecule has 0 fully saturated rings. The summed E-state index contributed by atoms with van der Waals surface area (Å²) in [5.41, 5.74) is 1.78. The van der Waals surface area contributed by atoms with Gasteiger partial charge < -0.3 is 14.2 Å². The van der Waals surface area contributed by atoms with Gasteiger partial charge in [-0.05, 0) is 52.3 Å². The van der Waals surface area contributed by atoms with Crippen LogP contribution in [0.5, 0.6) is 0 Å². The Morgan fingerprint density at radius 3 is 2.38 bits per heavy atom. The molecule has 9 heteroatoms. The largest absolute Gasteiger partial charge is 0.463 e. The van der Waals surface area contributed by atoms with Crippen LogP contribution in [0.4, 0.5) is 5.69 Å². The van der Waals surface area contributed by atoms with E-state index in [-0.39, 0.29) is 5.91 Å². The quantitative estimate of drug-likeness (QED) is 0.367. The van der Waals surface area contributed by atoms with Crippen LogP contribution in [0.3, 0.4) is 0 Å². The van der Waals surface area contributed by atoms with Crippen LogP contribution in [-0.2, 0) is 4.79 Å². The van der Waals surface area contributed by atoms with E-state index in [9.17, 15) is 4.79 Å². The molecule has 0 saturated carbocycles. The molecule has 0 aliphatic carbocycles. The zero-order valence-electron chi connectivity index (χ0n) is 15.0. The van der Waals surface area contributed by atoms with Crippen molar-refractivity contribution in [2.45, 2.75) is 11.6 Å². The number of anilines is 1. The molecular weight excluding hydrogens is 456 g/mol. The number of para-hydroxylation sites is 1. The van der Waals surface area contributed by atoms with Gasteiger partial charge in [-0.2, -0.15) is 0 Å². The molecule has 0 bridgehead atoms. The minimum atomic E-state index is -0.0872. The molecule has 1 N–H and O–H groups in total. The maximum atomic E-state index is 12.2. The second kappa shape index (κ2) is 9.06. The third kappa shape index (κ3) is 4.75. The van der Waals surface area contributed by atoms with Crippen molar-refractivity contribution >= 4 is 39.3 Å². The van der Waals surface area contributed by atoms with Crippen molar-refractivity contribution in [1.82, 2.24) is 15.2 Å². The fourth-order valence-corrected chi connectivity index (χ4v) is 3.66. The first-order chi connectivity index (χ1) is 14.2. The van der Waals surface area contributed by atoms with Crippen LogP contribution in [0.25, 0.3) is 22.9 Å². The number of aromatic nitrogens is 3. The molecule has 146 valence electrons. The van der Waals surface area contributed by atoms with Crippen LogP contribution >= 0.6 is 27.7 Å². The van der Waals surface area contributed by atoms with Gasteiger partial charge in [-0.1, -0.05) is 23.9 Å². The van der Waals surface area contributed by atoms with E-state index in [1.807, 2.05) is 24.3 Å². The smallest absolute Gasteiger partial charge is 0.225 e. The third-order valence-corrected chi connectivity index (χ3v) is 5.42. The molecule has 0 saturated heterocycles. The number of carbonyl (C=O) groups is 1. The summed E-state index contributed by atoms with van der Waals surface area (Å²) in [4.78, 5) is 16.8. The number of benzene rings is 1. The van der Waals surface area contributed by atoms with E-state index >= 15 is 0 Å². The first-order valence-corrected chi connectivity index (χ1v) is 10.5. The van der Waals surface area contributed by atoms with E-state index in [0.29, 0.717) is 40.2 Å². The Hall–Kier alpha value is -2.91. The van der Waals surface area contributed by atoms with Crippen molar-refractivity contribution in [3.8, 4) is 22.9 Å². The van der Waals surface area contributed by atoms with Crippen LogP contribution < -0.4 is 5.32 Å². The van der Waals surface area contributed by atoms with Crippen LogP contribution in [0.2, 0.25) is 0 Å². The summed E-state index contributed by atoms with van der Waals surface area (Å²) in [7, 11) is 0. The van der Waals surface area contributed by atoms with Crippen molar-refractivity contribution in [2.75, 3.05) is 11.1 Å². The van der Waals surface area contributed by atoms with Gasteiger partial charge in [0.1, 0.15) is 5.69 Å². The summed E-state index contributed by atoms with van der Waals surface area (Å²) in [6, 6.07) is 14.6. The zero-order chi connectivity index (χ0) is 20.1. The summed E-state index contributed by atoms with van der Waals surface area (Å²) >= 11 is 4.77. The predicted octanol–water partition coefficient (Wildman–Crippen LogP) is 5.28. The van der Waals surface area contributed by atoms with Crippen molar-refractivity contribution < 1.29 is 13.6 Å². The third-order valence-electron chi connectivity index (χ3n) is 3.88. The highest BCUT2D eigenvalue weighted by molar-refractivity contribution is 9.10. The predicted molar refractivity (Wildman–Crippen MR) is 113 cm³/mol. The molecule has 7 nitrogen and oxygen atoms in total. The second-order valence-electron chi connectivity index (χ2n) is 5.87. The fraction of sp³-hybridized carbons (Fsp3) is 0.100.